The van der Waals surface area contributed by atoms with Gasteiger partial charge < -0.3 is 15.6 Å². The number of nitrogens with two attached hydrogens (primary N) is 1. The van der Waals surface area contributed by atoms with Crippen LogP contribution in [0.4, 0.5) is 42.2 Å². The first-order valence-electron chi connectivity index (χ1n) is 11.6. The lowest BCUT2D eigenvalue weighted by Gasteiger charge is -2.18. The smallest absolute Gasteiger partial charge is 0.383 e. The van der Waals surface area contributed by atoms with Crippen LogP contribution in [0.25, 0.3) is 22.2 Å². The summed E-state index contributed by atoms with van der Waals surface area (Å²) in [5, 5.41) is 7.11. The molecule has 0 aliphatic rings. The van der Waals surface area contributed by atoms with Crippen molar-refractivity contribution in [1.82, 2.24) is 24.7 Å². The van der Waals surface area contributed by atoms with Crippen molar-refractivity contribution >= 4 is 22.3 Å². The van der Waals surface area contributed by atoms with Crippen LogP contribution in [0.3, 0.4) is 0 Å². The quantitative estimate of drug-likeness (QED) is 0.263. The molecule has 0 bridgehead atoms. The molecule has 1 aromatic carbocycles. The van der Waals surface area contributed by atoms with Gasteiger partial charge in [0.15, 0.2) is 17.5 Å². The average molecular weight is 571 g/mol. The Hall–Kier alpha value is -4.50. The van der Waals surface area contributed by atoms with E-state index in [2.05, 4.69) is 20.4 Å². The van der Waals surface area contributed by atoms with Gasteiger partial charge in [0.1, 0.15) is 11.4 Å². The predicted octanol–water partition coefficient (Wildman–Crippen LogP) is 4.64. The van der Waals surface area contributed by atoms with Crippen molar-refractivity contribution in [1.29, 1.82) is 0 Å². The number of halogens is 7. The third-order valence-electron chi connectivity index (χ3n) is 6.05. The highest BCUT2D eigenvalue weighted by atomic mass is 19.4. The summed E-state index contributed by atoms with van der Waals surface area (Å²) in [5.41, 5.74) is 0.125. The molecule has 0 radical (unpaired) electrons. The largest absolute Gasteiger partial charge is 0.423 e. The zero-order valence-corrected chi connectivity index (χ0v) is 20.5. The molecule has 0 saturated carbocycles. The Labute approximate surface area is 219 Å². The number of nitrogens with zero attached hydrogens (tertiary/aromatic N) is 4. The highest BCUT2D eigenvalue weighted by Crippen LogP contribution is 2.32. The number of aryl methyl sites for hydroxylation is 1. The number of H-pyrrole nitrogens is 1. The molecule has 4 aromatic rings. The number of nitrogens with one attached hydrogen (secondary N) is 2. The van der Waals surface area contributed by atoms with Gasteiger partial charge in [-0.3, -0.25) is 9.59 Å². The summed E-state index contributed by atoms with van der Waals surface area (Å²) < 4.78 is 96.6. The molecule has 16 heteroatoms. The Morgan fingerprint density at radius 1 is 1.15 bits per heavy atom. The van der Waals surface area contributed by atoms with Crippen LogP contribution in [0.1, 0.15) is 37.3 Å². The van der Waals surface area contributed by atoms with E-state index in [0.29, 0.717) is 6.20 Å². The maximum atomic E-state index is 15.0. The number of fused-ring (bicyclic) bond motifs is 1. The maximum absolute atomic E-state index is 15.0. The van der Waals surface area contributed by atoms with E-state index >= 15 is 4.39 Å². The van der Waals surface area contributed by atoms with Crippen molar-refractivity contribution in [2.45, 2.75) is 45.0 Å². The maximum Gasteiger partial charge on any atom is 0.423 e. The normalized spacial score (nSPS) is 12.7. The second kappa shape index (κ2) is 10.9. The van der Waals surface area contributed by atoms with Gasteiger partial charge in [-0.05, 0) is 37.3 Å². The van der Waals surface area contributed by atoms with Crippen LogP contribution in [-0.2, 0) is 12.7 Å². The molecule has 4 N–H and O–H groups in total. The molecule has 0 saturated heterocycles. The number of hydrogen-bond acceptors (Lipinski definition) is 7. The average Bonchev–Trinajstić information content (AvgIpc) is 2.86. The molecule has 9 nitrogen and oxygen atoms in total. The van der Waals surface area contributed by atoms with Crippen LogP contribution in [0.5, 0.6) is 0 Å². The number of benzene rings is 1. The lowest BCUT2D eigenvalue weighted by atomic mass is 10.1. The lowest BCUT2D eigenvalue weighted by molar-refractivity contribution is -0.138. The molecule has 4 rings (SSSR count). The van der Waals surface area contributed by atoms with Crippen molar-refractivity contribution in [2.24, 2.45) is 0 Å². The van der Waals surface area contributed by atoms with Crippen LogP contribution in [0.15, 0.2) is 40.3 Å². The molecule has 1 atom stereocenters. The number of aromatic amines is 1. The fraction of sp³-hybridized carbons (Fsp3) is 0.292. The van der Waals surface area contributed by atoms with E-state index in [1.54, 1.807) is 12.0 Å². The van der Waals surface area contributed by atoms with Crippen LogP contribution in [-0.4, -0.2) is 30.8 Å². The Bertz CT molecular complexity index is 1690. The molecule has 1 unspecified atom stereocenters. The second-order valence-electron chi connectivity index (χ2n) is 8.84. The first kappa shape index (κ1) is 28.5. The van der Waals surface area contributed by atoms with Gasteiger partial charge in [0.25, 0.3) is 17.5 Å². The molecule has 0 amide bonds. The number of alkyl halides is 5. The summed E-state index contributed by atoms with van der Waals surface area (Å²) in [6.45, 7) is 1.57. The summed E-state index contributed by atoms with van der Waals surface area (Å²) in [5.74, 6) is -4.03. The molecule has 0 aliphatic carbocycles. The van der Waals surface area contributed by atoms with Gasteiger partial charge in [-0.25, -0.2) is 32.6 Å². The molecular formula is C24H20F7N7O2. The van der Waals surface area contributed by atoms with Gasteiger partial charge in [-0.2, -0.15) is 18.3 Å². The molecule has 40 heavy (non-hydrogen) atoms. The minimum Gasteiger partial charge on any atom is -0.383 e. The molecule has 0 aliphatic heterocycles. The number of pyridine rings is 1. The third kappa shape index (κ3) is 5.60. The van der Waals surface area contributed by atoms with Crippen molar-refractivity contribution in [3.05, 3.63) is 74.2 Å². The highest BCUT2D eigenvalue weighted by Gasteiger charge is 2.37. The van der Waals surface area contributed by atoms with Crippen LogP contribution in [0.2, 0.25) is 0 Å². The summed E-state index contributed by atoms with van der Waals surface area (Å²) in [6.07, 6.45) is -4.55. The zero-order valence-electron chi connectivity index (χ0n) is 20.5. The number of anilines is 2. The van der Waals surface area contributed by atoms with Crippen molar-refractivity contribution < 1.29 is 30.7 Å². The number of aromatic nitrogens is 5. The summed E-state index contributed by atoms with van der Waals surface area (Å²) >= 11 is 0. The van der Waals surface area contributed by atoms with Gasteiger partial charge in [0.05, 0.1) is 28.4 Å². The molecular weight excluding hydrogens is 551 g/mol. The van der Waals surface area contributed by atoms with E-state index in [4.69, 9.17) is 5.73 Å². The van der Waals surface area contributed by atoms with Gasteiger partial charge in [-0.1, -0.05) is 0 Å². The van der Waals surface area contributed by atoms with Crippen molar-refractivity contribution in [3.63, 3.8) is 0 Å². The number of rotatable bonds is 8. The predicted molar refractivity (Wildman–Crippen MR) is 131 cm³/mol. The minimum atomic E-state index is -4.91. The summed E-state index contributed by atoms with van der Waals surface area (Å²) in [7, 11) is 0. The number of hydrogen-bond donors (Lipinski definition) is 3. The number of nitrogen functional groups attached to an aromatic ring is 1. The van der Waals surface area contributed by atoms with Crippen LogP contribution < -0.4 is 22.2 Å². The van der Waals surface area contributed by atoms with E-state index in [-0.39, 0.29) is 24.8 Å². The molecule has 212 valence electrons. The second-order valence-corrected chi connectivity index (χ2v) is 8.84. The van der Waals surface area contributed by atoms with Gasteiger partial charge in [0.2, 0.25) is 0 Å². The summed E-state index contributed by atoms with van der Waals surface area (Å²) in [4.78, 5) is 31.8. The van der Waals surface area contributed by atoms with Crippen LogP contribution in [0, 0.1) is 11.6 Å². The standard InChI is InChI=1S/C24H20F7N7O2/c1-10(35-14-9-34-37-22(39)16(14)24(29,30)31)3-2-5-38-6-4-11-7-12(17(25)18(26)15(11)23(38)40)21-33-8-13(19(27)28)20(32)36-21/h4,6-10,19H,2-3,5H2,1H3,(H2,32,33,36)(H2,35,37,39). The monoisotopic (exact) mass is 571 g/mol. The van der Waals surface area contributed by atoms with E-state index < -0.39 is 80.8 Å². The summed E-state index contributed by atoms with van der Waals surface area (Å²) in [6, 6.07) is 1.84. The molecule has 0 fully saturated rings. The first-order chi connectivity index (χ1) is 18.8. The van der Waals surface area contributed by atoms with Crippen LogP contribution >= 0.6 is 0 Å². The zero-order chi connectivity index (χ0) is 29.4. The van der Waals surface area contributed by atoms with E-state index in [9.17, 15) is 35.9 Å². The third-order valence-corrected chi connectivity index (χ3v) is 6.05. The molecule has 3 aromatic heterocycles. The van der Waals surface area contributed by atoms with E-state index in [1.165, 1.54) is 12.3 Å². The Kier molecular flexibility index (Phi) is 7.79. The highest BCUT2D eigenvalue weighted by molar-refractivity contribution is 5.86. The fourth-order valence-electron chi connectivity index (χ4n) is 4.11. The van der Waals surface area contributed by atoms with Gasteiger partial charge in [0, 0.05) is 25.0 Å². The Balaban J connectivity index is 1.53. The van der Waals surface area contributed by atoms with Crippen molar-refractivity contribution in [2.75, 3.05) is 11.1 Å². The fourth-order valence-corrected chi connectivity index (χ4v) is 4.11. The molecule has 3 heterocycles. The van der Waals surface area contributed by atoms with Crippen molar-refractivity contribution in [3.8, 4) is 11.4 Å². The lowest BCUT2D eigenvalue weighted by Crippen LogP contribution is -2.27. The van der Waals surface area contributed by atoms with Gasteiger partial charge >= 0.3 is 6.18 Å². The Morgan fingerprint density at radius 2 is 1.88 bits per heavy atom. The Morgan fingerprint density at radius 3 is 2.52 bits per heavy atom. The van der Waals surface area contributed by atoms with E-state index in [0.717, 1.165) is 16.8 Å². The van der Waals surface area contributed by atoms with Gasteiger partial charge in [-0.15, -0.1) is 0 Å². The van der Waals surface area contributed by atoms with E-state index in [1.807, 2.05) is 0 Å². The minimum absolute atomic E-state index is 0.00762. The molecule has 0 spiro atoms. The SMILES string of the molecule is CC(CCCn1ccc2cc(-c3ncc(C(F)F)c(N)n3)c(F)c(F)c2c1=O)Nc1cn[nH]c(=O)c1C(F)(F)F. The topological polar surface area (TPSA) is 132 Å². The first-order valence-corrected chi connectivity index (χ1v) is 11.6.